The number of allylic oxidation sites excluding steroid dienone is 2. The molecule has 0 bridgehead atoms. The van der Waals surface area contributed by atoms with Gasteiger partial charge in [-0.25, -0.2) is 0 Å². The average Bonchev–Trinajstić information content (AvgIpc) is 2.78. The van der Waals surface area contributed by atoms with Gasteiger partial charge in [0.25, 0.3) is 0 Å². The summed E-state index contributed by atoms with van der Waals surface area (Å²) in [5.41, 5.74) is 1.79. The minimum absolute atomic E-state index is 0.937. The highest BCUT2D eigenvalue weighted by atomic mass is 14.4. The fourth-order valence-corrected chi connectivity index (χ4v) is 2.98. The summed E-state index contributed by atoms with van der Waals surface area (Å²) < 4.78 is 0. The Kier molecular flexibility index (Phi) is 3.30. The third-order valence-electron chi connectivity index (χ3n) is 4.19. The van der Waals surface area contributed by atoms with Crippen LogP contribution in [0, 0.1) is 17.8 Å². The third-order valence-corrected chi connectivity index (χ3v) is 4.19. The predicted octanol–water partition coefficient (Wildman–Crippen LogP) is 4.56. The smallest absolute Gasteiger partial charge is 0.0137 e. The Hall–Kier alpha value is -0.260. The fraction of sp³-hybridized carbons (Fsp3) is 0.857. The topological polar surface area (TPSA) is 0 Å². The quantitative estimate of drug-likeness (QED) is 0.494. The maximum Gasteiger partial charge on any atom is -0.0137 e. The van der Waals surface area contributed by atoms with Crippen LogP contribution in [-0.2, 0) is 0 Å². The molecule has 0 aromatic carbocycles. The molecule has 1 fully saturated rings. The zero-order valence-electron chi connectivity index (χ0n) is 9.76. The summed E-state index contributed by atoms with van der Waals surface area (Å²) >= 11 is 0. The van der Waals surface area contributed by atoms with Crippen LogP contribution in [0.1, 0.15) is 58.8 Å². The van der Waals surface area contributed by atoms with Crippen molar-refractivity contribution in [3.63, 3.8) is 0 Å². The molecule has 3 atom stereocenters. The van der Waals surface area contributed by atoms with E-state index in [1.807, 2.05) is 0 Å². The number of hydrogen-bond acceptors (Lipinski definition) is 0. The van der Waals surface area contributed by atoms with Crippen LogP contribution in [0.3, 0.4) is 0 Å². The minimum atomic E-state index is 0.937. The average molecular weight is 192 g/mol. The van der Waals surface area contributed by atoms with Crippen molar-refractivity contribution in [1.29, 1.82) is 0 Å². The Morgan fingerprint density at radius 2 is 1.71 bits per heavy atom. The number of rotatable bonds is 0. The van der Waals surface area contributed by atoms with Crippen LogP contribution < -0.4 is 0 Å². The van der Waals surface area contributed by atoms with Crippen LogP contribution in [0.2, 0.25) is 0 Å². The lowest BCUT2D eigenvalue weighted by atomic mass is 9.97. The van der Waals surface area contributed by atoms with Gasteiger partial charge in [0.1, 0.15) is 0 Å². The second-order valence-electron chi connectivity index (χ2n) is 5.42. The van der Waals surface area contributed by atoms with Crippen LogP contribution in [0.5, 0.6) is 0 Å². The summed E-state index contributed by atoms with van der Waals surface area (Å²) in [6.07, 6.45) is 12.6. The van der Waals surface area contributed by atoms with Crippen molar-refractivity contribution in [2.24, 2.45) is 17.8 Å². The van der Waals surface area contributed by atoms with E-state index >= 15 is 0 Å². The van der Waals surface area contributed by atoms with Gasteiger partial charge in [-0.2, -0.15) is 0 Å². The lowest BCUT2D eigenvalue weighted by Gasteiger charge is -2.09. The SMILES string of the molecule is CC1CCCC=C2C(C)C2CCCC1. The van der Waals surface area contributed by atoms with Crippen LogP contribution >= 0.6 is 0 Å². The molecule has 14 heavy (non-hydrogen) atoms. The second-order valence-corrected chi connectivity index (χ2v) is 5.42. The normalized spacial score (nSPS) is 39.3. The molecule has 0 amide bonds. The molecule has 0 radical (unpaired) electrons. The van der Waals surface area contributed by atoms with Gasteiger partial charge in [-0.3, -0.25) is 0 Å². The van der Waals surface area contributed by atoms with E-state index in [1.165, 1.54) is 44.9 Å². The van der Waals surface area contributed by atoms with Crippen molar-refractivity contribution in [3.8, 4) is 0 Å². The Labute approximate surface area is 88.8 Å². The van der Waals surface area contributed by atoms with Crippen molar-refractivity contribution in [2.75, 3.05) is 0 Å². The Balaban J connectivity index is 1.87. The first-order valence-electron chi connectivity index (χ1n) is 6.49. The van der Waals surface area contributed by atoms with Gasteiger partial charge < -0.3 is 0 Å². The molecule has 0 saturated heterocycles. The van der Waals surface area contributed by atoms with Crippen LogP contribution in [0.4, 0.5) is 0 Å². The molecule has 2 rings (SSSR count). The van der Waals surface area contributed by atoms with Gasteiger partial charge in [-0.1, -0.05) is 51.2 Å². The van der Waals surface area contributed by atoms with E-state index in [2.05, 4.69) is 19.9 Å². The molecule has 0 aliphatic heterocycles. The van der Waals surface area contributed by atoms with Crippen molar-refractivity contribution in [1.82, 2.24) is 0 Å². The van der Waals surface area contributed by atoms with Crippen molar-refractivity contribution in [2.45, 2.75) is 58.8 Å². The molecule has 0 nitrogen and oxygen atoms in total. The summed E-state index contributed by atoms with van der Waals surface area (Å²) in [4.78, 5) is 0. The molecular formula is C14H24. The van der Waals surface area contributed by atoms with E-state index in [-0.39, 0.29) is 0 Å². The molecular weight excluding hydrogens is 168 g/mol. The Bertz CT molecular complexity index is 214. The maximum absolute atomic E-state index is 2.55. The number of fused-ring (bicyclic) bond motifs is 1. The lowest BCUT2D eigenvalue weighted by Crippen LogP contribution is -1.94. The molecule has 80 valence electrons. The van der Waals surface area contributed by atoms with E-state index in [4.69, 9.17) is 0 Å². The molecule has 2 aliphatic rings. The summed E-state index contributed by atoms with van der Waals surface area (Å²) in [5.74, 6) is 2.90. The van der Waals surface area contributed by atoms with Crippen molar-refractivity contribution in [3.05, 3.63) is 11.6 Å². The summed E-state index contributed by atoms with van der Waals surface area (Å²) in [6.45, 7) is 4.83. The molecule has 0 N–H and O–H groups in total. The molecule has 1 saturated carbocycles. The highest BCUT2D eigenvalue weighted by Crippen LogP contribution is 2.49. The zero-order chi connectivity index (χ0) is 9.97. The fourth-order valence-electron chi connectivity index (χ4n) is 2.98. The molecule has 0 aromatic rings. The van der Waals surface area contributed by atoms with Gasteiger partial charge in [0.2, 0.25) is 0 Å². The van der Waals surface area contributed by atoms with E-state index in [1.54, 1.807) is 5.57 Å². The minimum Gasteiger partial charge on any atom is -0.0847 e. The van der Waals surface area contributed by atoms with Gasteiger partial charge >= 0.3 is 0 Å². The summed E-state index contributed by atoms with van der Waals surface area (Å²) in [7, 11) is 0. The van der Waals surface area contributed by atoms with E-state index < -0.39 is 0 Å². The zero-order valence-corrected chi connectivity index (χ0v) is 9.76. The molecule has 0 aromatic heterocycles. The summed E-state index contributed by atoms with van der Waals surface area (Å²) in [5, 5.41) is 0. The van der Waals surface area contributed by atoms with Crippen molar-refractivity contribution < 1.29 is 0 Å². The molecule has 0 heterocycles. The maximum atomic E-state index is 2.55. The van der Waals surface area contributed by atoms with Gasteiger partial charge in [-0.05, 0) is 37.0 Å². The molecule has 0 heteroatoms. The van der Waals surface area contributed by atoms with Crippen molar-refractivity contribution >= 4 is 0 Å². The summed E-state index contributed by atoms with van der Waals surface area (Å²) in [6, 6.07) is 0. The lowest BCUT2D eigenvalue weighted by molar-refractivity contribution is 0.445. The molecule has 3 unspecified atom stereocenters. The van der Waals surface area contributed by atoms with Gasteiger partial charge in [0.05, 0.1) is 0 Å². The largest absolute Gasteiger partial charge is 0.0847 e. The Morgan fingerprint density at radius 3 is 2.57 bits per heavy atom. The van der Waals surface area contributed by atoms with Gasteiger partial charge in [0, 0.05) is 0 Å². The monoisotopic (exact) mass is 192 g/mol. The third kappa shape index (κ3) is 2.40. The molecule has 0 spiro atoms. The highest BCUT2D eigenvalue weighted by Gasteiger charge is 2.38. The first-order valence-corrected chi connectivity index (χ1v) is 6.49. The van der Waals surface area contributed by atoms with Gasteiger partial charge in [-0.15, -0.1) is 0 Å². The molecule has 2 aliphatic carbocycles. The Morgan fingerprint density at radius 1 is 1.00 bits per heavy atom. The second kappa shape index (κ2) is 4.51. The van der Waals surface area contributed by atoms with E-state index in [9.17, 15) is 0 Å². The van der Waals surface area contributed by atoms with E-state index in [0.717, 1.165) is 17.8 Å². The first-order chi connectivity index (χ1) is 6.79. The standard InChI is InChI=1S/C14H24/c1-11-7-3-5-9-13-12(2)14(13)10-6-4-8-11/h9,11-12,14H,3-8,10H2,1-2H3. The van der Waals surface area contributed by atoms with Crippen LogP contribution in [0.15, 0.2) is 11.6 Å². The van der Waals surface area contributed by atoms with Crippen LogP contribution in [-0.4, -0.2) is 0 Å². The predicted molar refractivity (Wildman–Crippen MR) is 62.2 cm³/mol. The highest BCUT2D eigenvalue weighted by molar-refractivity contribution is 5.28. The number of hydrogen-bond donors (Lipinski definition) is 0. The van der Waals surface area contributed by atoms with E-state index in [0.29, 0.717) is 0 Å². The van der Waals surface area contributed by atoms with Crippen LogP contribution in [0.25, 0.3) is 0 Å². The first kappa shape index (κ1) is 10.3. The van der Waals surface area contributed by atoms with Gasteiger partial charge in [0.15, 0.2) is 0 Å².